The Morgan fingerprint density at radius 3 is 2.52 bits per heavy atom. The quantitative estimate of drug-likeness (QED) is 0.643. The fourth-order valence-electron chi connectivity index (χ4n) is 2.08. The molecule has 0 heterocycles. The standard InChI is InChI=1S/C18H24N2O6S/c1-11-6-5-7-13(10-11)16(22)19-14(8-9-27-4)17(23)26-12(2)15(21)20-18(24)25-3/h5-7,10,12,14H,8-9H2,1-4H3,(H,19,22)(H,20,21,24)/t12-,14+/m1/s1. The van der Waals surface area contributed by atoms with E-state index in [-0.39, 0.29) is 0 Å². The highest BCUT2D eigenvalue weighted by atomic mass is 32.2. The van der Waals surface area contributed by atoms with Gasteiger partial charge in [-0.3, -0.25) is 14.9 Å². The van der Waals surface area contributed by atoms with E-state index in [0.717, 1.165) is 12.7 Å². The number of rotatable bonds is 8. The van der Waals surface area contributed by atoms with Crippen LogP contribution in [-0.4, -0.2) is 55.1 Å². The molecule has 0 aliphatic heterocycles. The van der Waals surface area contributed by atoms with Crippen LogP contribution in [0, 0.1) is 6.92 Å². The third kappa shape index (κ3) is 7.69. The zero-order valence-corrected chi connectivity index (χ0v) is 16.6. The highest BCUT2D eigenvalue weighted by molar-refractivity contribution is 7.98. The summed E-state index contributed by atoms with van der Waals surface area (Å²) in [5.74, 6) is -1.37. The van der Waals surface area contributed by atoms with Gasteiger partial charge in [0.05, 0.1) is 7.11 Å². The van der Waals surface area contributed by atoms with E-state index >= 15 is 0 Å². The lowest BCUT2D eigenvalue weighted by Crippen LogP contribution is -2.46. The van der Waals surface area contributed by atoms with Gasteiger partial charge in [0, 0.05) is 5.56 Å². The van der Waals surface area contributed by atoms with Gasteiger partial charge >= 0.3 is 12.1 Å². The number of nitrogens with one attached hydrogen (secondary N) is 2. The Morgan fingerprint density at radius 2 is 1.93 bits per heavy atom. The van der Waals surface area contributed by atoms with Crippen LogP contribution in [0.4, 0.5) is 4.79 Å². The summed E-state index contributed by atoms with van der Waals surface area (Å²) in [6, 6.07) is 6.04. The number of hydrogen-bond donors (Lipinski definition) is 2. The molecule has 0 aliphatic carbocycles. The third-order valence-corrected chi connectivity index (χ3v) is 4.20. The lowest BCUT2D eigenvalue weighted by Gasteiger charge is -2.20. The fraction of sp³-hybridized carbons (Fsp3) is 0.444. The summed E-state index contributed by atoms with van der Waals surface area (Å²) in [6.45, 7) is 3.18. The van der Waals surface area contributed by atoms with Gasteiger partial charge in [0.25, 0.3) is 11.8 Å². The van der Waals surface area contributed by atoms with Crippen LogP contribution < -0.4 is 10.6 Å². The number of thioether (sulfide) groups is 1. The molecule has 0 aliphatic rings. The van der Waals surface area contributed by atoms with E-state index in [1.54, 1.807) is 18.2 Å². The molecule has 0 spiro atoms. The molecule has 0 saturated carbocycles. The van der Waals surface area contributed by atoms with Crippen molar-refractivity contribution in [3.8, 4) is 0 Å². The molecule has 1 rings (SSSR count). The molecule has 1 aromatic rings. The number of esters is 1. The Balaban J connectivity index is 2.76. The smallest absolute Gasteiger partial charge is 0.413 e. The number of carbonyl (C=O) groups is 4. The summed E-state index contributed by atoms with van der Waals surface area (Å²) in [5.41, 5.74) is 1.34. The van der Waals surface area contributed by atoms with Gasteiger partial charge < -0.3 is 14.8 Å². The van der Waals surface area contributed by atoms with Gasteiger partial charge in [0.1, 0.15) is 6.04 Å². The van der Waals surface area contributed by atoms with E-state index in [9.17, 15) is 19.2 Å². The normalized spacial score (nSPS) is 12.4. The highest BCUT2D eigenvalue weighted by Crippen LogP contribution is 2.08. The number of imide groups is 1. The Bertz CT molecular complexity index is 694. The fourth-order valence-corrected chi connectivity index (χ4v) is 2.55. The van der Waals surface area contributed by atoms with Crippen LogP contribution in [-0.2, 0) is 19.1 Å². The first-order valence-corrected chi connectivity index (χ1v) is 9.63. The average Bonchev–Trinajstić information content (AvgIpc) is 2.64. The van der Waals surface area contributed by atoms with Crippen molar-refractivity contribution >= 4 is 35.6 Å². The minimum Gasteiger partial charge on any atom is -0.453 e. The van der Waals surface area contributed by atoms with Crippen molar-refractivity contribution in [2.45, 2.75) is 32.4 Å². The van der Waals surface area contributed by atoms with E-state index in [4.69, 9.17) is 4.74 Å². The van der Waals surface area contributed by atoms with Crippen molar-refractivity contribution in [2.24, 2.45) is 0 Å². The maximum Gasteiger partial charge on any atom is 0.413 e. The van der Waals surface area contributed by atoms with Gasteiger partial charge in [-0.15, -0.1) is 0 Å². The average molecular weight is 396 g/mol. The second-order valence-corrected chi connectivity index (χ2v) is 6.72. The Morgan fingerprint density at radius 1 is 1.22 bits per heavy atom. The summed E-state index contributed by atoms with van der Waals surface area (Å²) >= 11 is 1.51. The third-order valence-electron chi connectivity index (χ3n) is 3.55. The molecule has 3 amide bonds. The Labute approximate surface area is 162 Å². The monoisotopic (exact) mass is 396 g/mol. The van der Waals surface area contributed by atoms with Crippen LogP contribution >= 0.6 is 11.8 Å². The maximum atomic E-state index is 12.4. The number of carbonyl (C=O) groups excluding carboxylic acids is 4. The van der Waals surface area contributed by atoms with Crippen molar-refractivity contribution in [3.05, 3.63) is 35.4 Å². The van der Waals surface area contributed by atoms with Crippen molar-refractivity contribution in [1.29, 1.82) is 0 Å². The van der Waals surface area contributed by atoms with Crippen LogP contribution in [0.5, 0.6) is 0 Å². The zero-order valence-electron chi connectivity index (χ0n) is 15.7. The van der Waals surface area contributed by atoms with Crippen LogP contribution in [0.15, 0.2) is 24.3 Å². The molecule has 0 aromatic heterocycles. The molecule has 2 atom stereocenters. The first kappa shape index (κ1) is 22.5. The summed E-state index contributed by atoms with van der Waals surface area (Å²) < 4.78 is 9.41. The van der Waals surface area contributed by atoms with Crippen molar-refractivity contribution in [2.75, 3.05) is 19.1 Å². The predicted molar refractivity (Wildman–Crippen MR) is 102 cm³/mol. The van der Waals surface area contributed by atoms with Crippen LogP contribution in [0.2, 0.25) is 0 Å². The largest absolute Gasteiger partial charge is 0.453 e. The number of methoxy groups -OCH3 is 1. The molecule has 0 bridgehead atoms. The molecule has 1 aromatic carbocycles. The van der Waals surface area contributed by atoms with E-state index in [0.29, 0.717) is 17.7 Å². The topological polar surface area (TPSA) is 111 Å². The lowest BCUT2D eigenvalue weighted by atomic mass is 10.1. The molecule has 8 nitrogen and oxygen atoms in total. The van der Waals surface area contributed by atoms with E-state index in [1.165, 1.54) is 18.7 Å². The minimum atomic E-state index is -1.22. The van der Waals surface area contributed by atoms with E-state index in [2.05, 4.69) is 10.1 Å². The van der Waals surface area contributed by atoms with Gasteiger partial charge in [0.2, 0.25) is 0 Å². The maximum absolute atomic E-state index is 12.4. The summed E-state index contributed by atoms with van der Waals surface area (Å²) in [6.07, 6.45) is 0.0407. The zero-order chi connectivity index (χ0) is 20.4. The predicted octanol–water partition coefficient (Wildman–Crippen LogP) is 1.66. The number of hydrogen-bond acceptors (Lipinski definition) is 7. The van der Waals surface area contributed by atoms with Crippen LogP contribution in [0.25, 0.3) is 0 Å². The number of amides is 3. The molecule has 0 radical (unpaired) electrons. The van der Waals surface area contributed by atoms with E-state index in [1.807, 2.05) is 24.6 Å². The van der Waals surface area contributed by atoms with Crippen molar-refractivity contribution in [1.82, 2.24) is 10.6 Å². The molecule has 27 heavy (non-hydrogen) atoms. The van der Waals surface area contributed by atoms with Crippen molar-refractivity contribution in [3.63, 3.8) is 0 Å². The Kier molecular flexibility index (Phi) is 9.35. The summed E-state index contributed by atoms with van der Waals surface area (Å²) in [5, 5.41) is 4.56. The van der Waals surface area contributed by atoms with Crippen molar-refractivity contribution < 1.29 is 28.7 Å². The molecule has 148 valence electrons. The number of benzene rings is 1. The number of aryl methyl sites for hydroxylation is 1. The SMILES string of the molecule is COC(=O)NC(=O)[C@@H](C)OC(=O)[C@H](CCSC)NC(=O)c1cccc(C)c1. The molecule has 0 unspecified atom stereocenters. The molecule has 0 saturated heterocycles. The minimum absolute atomic E-state index is 0.336. The second-order valence-electron chi connectivity index (χ2n) is 5.74. The van der Waals surface area contributed by atoms with Crippen LogP contribution in [0.1, 0.15) is 29.3 Å². The molecular formula is C18H24N2O6S. The van der Waals surface area contributed by atoms with Crippen LogP contribution in [0.3, 0.4) is 0 Å². The lowest BCUT2D eigenvalue weighted by molar-refractivity contribution is -0.156. The summed E-state index contributed by atoms with van der Waals surface area (Å²) in [4.78, 5) is 47.7. The number of alkyl carbamates (subject to hydrolysis) is 1. The van der Waals surface area contributed by atoms with E-state index < -0.39 is 36.0 Å². The molecular weight excluding hydrogens is 372 g/mol. The first-order valence-electron chi connectivity index (χ1n) is 8.24. The van der Waals surface area contributed by atoms with Gasteiger partial charge in [-0.2, -0.15) is 11.8 Å². The molecule has 9 heteroatoms. The molecule has 2 N–H and O–H groups in total. The van der Waals surface area contributed by atoms with Gasteiger partial charge in [-0.1, -0.05) is 17.7 Å². The second kappa shape index (κ2) is 11.2. The van der Waals surface area contributed by atoms with Gasteiger partial charge in [-0.05, 0) is 44.4 Å². The number of ether oxygens (including phenoxy) is 2. The Hall–Kier alpha value is -2.55. The highest BCUT2D eigenvalue weighted by Gasteiger charge is 2.27. The summed E-state index contributed by atoms with van der Waals surface area (Å²) in [7, 11) is 1.11. The first-order chi connectivity index (χ1) is 12.8. The van der Waals surface area contributed by atoms with Gasteiger partial charge in [-0.25, -0.2) is 9.59 Å². The molecule has 0 fully saturated rings. The van der Waals surface area contributed by atoms with Gasteiger partial charge in [0.15, 0.2) is 6.10 Å².